The van der Waals surface area contributed by atoms with E-state index in [1.165, 1.54) is 0 Å². The molecule has 0 aliphatic rings. The number of hydrogen-bond acceptors (Lipinski definition) is 8. The molecule has 0 saturated carbocycles. The van der Waals surface area contributed by atoms with Crippen LogP contribution < -0.4 is 30.1 Å². The zero-order valence-corrected chi connectivity index (χ0v) is 38.0. The van der Waals surface area contributed by atoms with Gasteiger partial charge < -0.3 is 18.9 Å². The number of rotatable bonds is 8. The second kappa shape index (κ2) is 16.9. The molecule has 0 atom stereocenters. The Kier molecular flexibility index (Phi) is 10.2. The smallest absolute Gasteiger partial charge is 0.264 e. The number of ether oxygens (including phenoxy) is 4. The highest BCUT2D eigenvalue weighted by Gasteiger charge is 2.32. The van der Waals surface area contributed by atoms with E-state index in [1.807, 2.05) is 76.2 Å². The topological polar surface area (TPSA) is 106 Å². The Labute approximate surface area is 399 Å². The van der Waals surface area contributed by atoms with Crippen molar-refractivity contribution >= 4 is 98.0 Å². The summed E-state index contributed by atoms with van der Waals surface area (Å²) >= 11 is 0. The largest absolute Gasteiger partial charge is 0.493 e. The van der Waals surface area contributed by atoms with E-state index in [2.05, 4.69) is 82.9 Å². The van der Waals surface area contributed by atoms with Crippen LogP contribution in [0.15, 0.2) is 70.3 Å². The maximum atomic E-state index is 15.2. The Morgan fingerprint density at radius 1 is 0.457 bits per heavy atom. The van der Waals surface area contributed by atoms with Crippen molar-refractivity contribution in [2.24, 2.45) is 0 Å². The van der Waals surface area contributed by atoms with E-state index < -0.39 is 0 Å². The Hall–Kier alpha value is -10.2. The van der Waals surface area contributed by atoms with Crippen LogP contribution in [-0.4, -0.2) is 45.2 Å². The lowest BCUT2D eigenvalue weighted by Gasteiger charge is -2.24. The fraction of sp³-hybridized carbons (Fsp3) is 0.133. The quantitative estimate of drug-likeness (QED) is 0.0848. The molecule has 0 bridgehead atoms. The van der Waals surface area contributed by atoms with Crippen molar-refractivity contribution in [3.05, 3.63) is 92.5 Å². The van der Waals surface area contributed by atoms with Crippen LogP contribution in [0.4, 0.5) is 0 Å². The maximum Gasteiger partial charge on any atom is 0.264 e. The van der Waals surface area contributed by atoms with E-state index in [0.717, 1.165) is 11.1 Å². The van der Waals surface area contributed by atoms with E-state index in [4.69, 9.17) is 41.8 Å². The van der Waals surface area contributed by atoms with Gasteiger partial charge in [-0.2, -0.15) is 0 Å². The summed E-state index contributed by atoms with van der Waals surface area (Å²) in [6, 6.07) is 19.0. The number of fused-ring (bicyclic) bond motifs is 10. The van der Waals surface area contributed by atoms with Crippen molar-refractivity contribution in [1.82, 2.24) is 18.8 Å². The van der Waals surface area contributed by atoms with Gasteiger partial charge >= 0.3 is 0 Å². The molecule has 11 rings (SSSR count). The first-order valence-corrected chi connectivity index (χ1v) is 22.1. The van der Waals surface area contributed by atoms with Crippen LogP contribution in [0, 0.1) is 110 Å². The first-order chi connectivity index (χ1) is 34.3. The predicted molar refractivity (Wildman–Crippen MR) is 277 cm³/mol. The fourth-order valence-electron chi connectivity index (χ4n) is 9.66. The third-order valence-corrected chi connectivity index (χ3v) is 12.2. The average Bonchev–Trinajstić information content (AvgIpc) is 3.93. The average molecular weight is 905 g/mol. The molecular weight excluding hydrogens is 873 g/mol. The third-order valence-electron chi connectivity index (χ3n) is 12.2. The second-order valence-electron chi connectivity index (χ2n) is 16.2. The number of pyridine rings is 2. The monoisotopic (exact) mass is 904 g/mol. The van der Waals surface area contributed by atoms with Crippen LogP contribution in [0.3, 0.4) is 0 Å². The van der Waals surface area contributed by atoms with Gasteiger partial charge in [-0.05, 0) is 170 Å². The molecule has 10 heteroatoms. The van der Waals surface area contributed by atoms with E-state index >= 15 is 9.59 Å². The molecule has 0 amide bonds. The molecule has 0 unspecified atom stereocenters. The lowest BCUT2D eigenvalue weighted by atomic mass is 9.84. The molecule has 0 aliphatic carbocycles. The summed E-state index contributed by atoms with van der Waals surface area (Å²) in [5.74, 6) is 38.2. The molecule has 4 heterocycles. The van der Waals surface area contributed by atoms with E-state index in [1.54, 1.807) is 20.9 Å². The number of aryl methyl sites for hydroxylation is 2. The number of nitrogens with zero attached hydrogens (tertiary/aromatic N) is 4. The van der Waals surface area contributed by atoms with E-state index in [-0.39, 0.29) is 37.5 Å². The van der Waals surface area contributed by atoms with Crippen LogP contribution in [0.25, 0.3) is 98.0 Å². The molecular formula is C60H32N4O6. The standard InChI is InChI=1S/C60H32N4O6/c1-7-11-13-15-17-19-21-27-69-47-32-38-50-40(60(66)64-44-26-24-36(6)30-42(44)62-58(38)64)34-48(70-28-22-20-18-16-14-12-8-2)54-51-45(67-9-3)31-37-49-39(33-46(68-10-4)52(55(49)51)53(47)56(50)54)59(65)63-43-25-23-35(5)29-41(43)61-57(37)63/h1-2,23-26,29-34H,9-10,27-28H2,3-6H3. The highest BCUT2D eigenvalue weighted by molar-refractivity contribution is 6.44. The van der Waals surface area contributed by atoms with Gasteiger partial charge in [-0.3, -0.25) is 18.4 Å². The number of imidazole rings is 2. The van der Waals surface area contributed by atoms with Crippen molar-refractivity contribution in [3.63, 3.8) is 0 Å². The van der Waals surface area contributed by atoms with E-state index in [0.29, 0.717) is 121 Å². The van der Waals surface area contributed by atoms with Crippen LogP contribution in [0.5, 0.6) is 23.0 Å². The minimum Gasteiger partial charge on any atom is -0.493 e. The van der Waals surface area contributed by atoms with Gasteiger partial charge in [0.1, 0.15) is 47.5 Å². The van der Waals surface area contributed by atoms with Crippen LogP contribution >= 0.6 is 0 Å². The zero-order chi connectivity index (χ0) is 48.2. The lowest BCUT2D eigenvalue weighted by Crippen LogP contribution is -2.15. The molecule has 0 fully saturated rings. The van der Waals surface area contributed by atoms with Gasteiger partial charge in [0, 0.05) is 53.9 Å². The van der Waals surface area contributed by atoms with Crippen LogP contribution in [0.1, 0.15) is 25.0 Å². The minimum atomic E-state index is -0.308. The fourth-order valence-corrected chi connectivity index (χ4v) is 9.66. The summed E-state index contributed by atoms with van der Waals surface area (Å²) in [6.45, 7) is 8.05. The van der Waals surface area contributed by atoms with Gasteiger partial charge in [0.2, 0.25) is 0 Å². The molecule has 0 N–H and O–H groups in total. The van der Waals surface area contributed by atoms with Crippen molar-refractivity contribution in [3.8, 4) is 119 Å². The lowest BCUT2D eigenvalue weighted by molar-refractivity contribution is 0.344. The number of benzene rings is 7. The van der Waals surface area contributed by atoms with Crippen molar-refractivity contribution < 1.29 is 18.9 Å². The highest BCUT2D eigenvalue weighted by Crippen LogP contribution is 2.56. The normalized spacial score (nSPS) is 10.8. The Morgan fingerprint density at radius 2 is 0.829 bits per heavy atom. The number of aromatic nitrogens is 4. The number of hydrogen-bond donors (Lipinski definition) is 0. The molecule has 0 saturated heterocycles. The van der Waals surface area contributed by atoms with Gasteiger partial charge in [-0.1, -0.05) is 12.1 Å². The zero-order valence-electron chi connectivity index (χ0n) is 38.0. The molecule has 0 aliphatic heterocycles. The Morgan fingerprint density at radius 3 is 1.23 bits per heavy atom. The van der Waals surface area contributed by atoms with Crippen LogP contribution in [-0.2, 0) is 0 Å². The van der Waals surface area contributed by atoms with Gasteiger partial charge in [-0.25, -0.2) is 9.97 Å². The molecule has 4 aromatic heterocycles. The first kappa shape index (κ1) is 42.4. The minimum absolute atomic E-state index is 0.103. The highest BCUT2D eigenvalue weighted by atomic mass is 16.5. The summed E-state index contributed by atoms with van der Waals surface area (Å²) < 4.78 is 30.1. The molecule has 7 aromatic carbocycles. The SMILES string of the molecule is C#CC#CC#CC#CCOc1cc2c(=O)n3c4ccc(C)cc4nc3c3cc(OCC#CC#CC#CC#C)c4c5c(OCC)cc6c(=O)n7c8ccc(C)cc8nc7c7cc(OCC)c(c1c4c23)c5c67. The Bertz CT molecular complexity index is 4740. The van der Waals surface area contributed by atoms with Crippen molar-refractivity contribution in [2.45, 2.75) is 27.7 Å². The summed E-state index contributed by atoms with van der Waals surface area (Å²) in [5, 5.41) is 6.97. The molecule has 0 spiro atoms. The van der Waals surface area contributed by atoms with Gasteiger partial charge in [0.15, 0.2) is 0 Å². The van der Waals surface area contributed by atoms with Crippen molar-refractivity contribution in [1.29, 1.82) is 0 Å². The summed E-state index contributed by atoms with van der Waals surface area (Å²) in [4.78, 5) is 40.6. The molecule has 0 radical (unpaired) electrons. The number of terminal acetylenes is 2. The molecule has 10 nitrogen and oxygen atoms in total. The third kappa shape index (κ3) is 6.47. The van der Waals surface area contributed by atoms with Gasteiger partial charge in [0.25, 0.3) is 11.1 Å². The summed E-state index contributed by atoms with van der Waals surface area (Å²) in [5.41, 5.74) is 4.94. The molecule has 70 heavy (non-hydrogen) atoms. The van der Waals surface area contributed by atoms with Crippen molar-refractivity contribution in [2.75, 3.05) is 26.4 Å². The second-order valence-corrected chi connectivity index (χ2v) is 16.2. The molecule has 11 aromatic rings. The first-order valence-electron chi connectivity index (χ1n) is 22.1. The summed E-state index contributed by atoms with van der Waals surface area (Å²) in [7, 11) is 0. The maximum absolute atomic E-state index is 15.2. The van der Waals surface area contributed by atoms with Crippen LogP contribution in [0.2, 0.25) is 0 Å². The summed E-state index contributed by atoms with van der Waals surface area (Å²) in [6.07, 6.45) is 10.5. The predicted octanol–water partition coefficient (Wildman–Crippen LogP) is 8.70. The van der Waals surface area contributed by atoms with E-state index in [9.17, 15) is 0 Å². The molecule has 328 valence electrons. The van der Waals surface area contributed by atoms with Gasteiger partial charge in [-0.15, -0.1) is 12.8 Å². The Balaban J connectivity index is 1.37. The van der Waals surface area contributed by atoms with Gasteiger partial charge in [0.05, 0.1) is 46.1 Å².